The van der Waals surface area contributed by atoms with Crippen LogP contribution >= 0.6 is 0 Å². The maximum absolute atomic E-state index is 14.2. The molecule has 0 N–H and O–H groups in total. The standard InChI is InChI=1S/C20H28F14/c1-13(2,3)8-9-14(4,5)7-6-12(10-15(21,17(23,24)25)18(26,27)28)11-16(22,19(29,30)31)20(32,33)34/h12H,6-11H2,1-5H3. The van der Waals surface area contributed by atoms with Crippen molar-refractivity contribution in [1.82, 2.24) is 0 Å². The minimum absolute atomic E-state index is 0.252. The molecule has 0 aliphatic heterocycles. The molecule has 0 rings (SSSR count). The van der Waals surface area contributed by atoms with Gasteiger partial charge in [-0.2, -0.15) is 52.7 Å². The average Bonchev–Trinajstić information content (AvgIpc) is 2.53. The van der Waals surface area contributed by atoms with E-state index in [4.69, 9.17) is 0 Å². The normalized spacial score (nSPS) is 15.9. The molecule has 34 heavy (non-hydrogen) atoms. The molecular formula is C20H28F14. The third-order valence-electron chi connectivity index (χ3n) is 5.72. The maximum Gasteiger partial charge on any atom is 0.431 e. The van der Waals surface area contributed by atoms with E-state index in [1.54, 1.807) is 20.8 Å². The van der Waals surface area contributed by atoms with Crippen LogP contribution in [0.2, 0.25) is 0 Å². The molecule has 0 unspecified atom stereocenters. The van der Waals surface area contributed by atoms with Crippen molar-refractivity contribution in [1.29, 1.82) is 0 Å². The summed E-state index contributed by atoms with van der Waals surface area (Å²) < 4.78 is 184. The molecule has 0 saturated carbocycles. The summed E-state index contributed by atoms with van der Waals surface area (Å²) in [6.07, 6.45) is -33.4. The summed E-state index contributed by atoms with van der Waals surface area (Å²) in [4.78, 5) is 0. The van der Waals surface area contributed by atoms with Gasteiger partial charge < -0.3 is 0 Å². The molecule has 0 bridgehead atoms. The SMILES string of the molecule is CC(C)(C)CCC(C)(C)CCC(CC(F)(C(F)(F)F)C(F)(F)F)CC(F)(C(F)(F)F)C(F)(F)F. The number of hydrogen-bond donors (Lipinski definition) is 0. The molecular weight excluding hydrogens is 506 g/mol. The molecule has 0 nitrogen and oxygen atoms in total. The Balaban J connectivity index is 6.27. The van der Waals surface area contributed by atoms with Crippen molar-refractivity contribution in [2.24, 2.45) is 16.7 Å². The molecule has 0 aromatic heterocycles. The van der Waals surface area contributed by atoms with Gasteiger partial charge in [0, 0.05) is 12.8 Å². The minimum atomic E-state index is -6.71. The Hall–Kier alpha value is -0.980. The molecule has 0 aromatic carbocycles. The van der Waals surface area contributed by atoms with Crippen molar-refractivity contribution >= 4 is 0 Å². The summed E-state index contributed by atoms with van der Waals surface area (Å²) in [5.41, 5.74) is -13.5. The van der Waals surface area contributed by atoms with Crippen molar-refractivity contribution in [2.75, 3.05) is 0 Å². The van der Waals surface area contributed by atoms with Crippen LogP contribution < -0.4 is 0 Å². The first kappa shape index (κ1) is 33.0. The summed E-state index contributed by atoms with van der Waals surface area (Å²) >= 11 is 0. The Labute approximate surface area is 188 Å². The van der Waals surface area contributed by atoms with Crippen LogP contribution in [-0.4, -0.2) is 36.0 Å². The van der Waals surface area contributed by atoms with Crippen molar-refractivity contribution in [3.63, 3.8) is 0 Å². The van der Waals surface area contributed by atoms with E-state index in [1.807, 2.05) is 0 Å². The average molecular weight is 534 g/mol. The topological polar surface area (TPSA) is 0 Å². The second-order valence-corrected chi connectivity index (χ2v) is 10.6. The van der Waals surface area contributed by atoms with Gasteiger partial charge in [-0.3, -0.25) is 0 Å². The van der Waals surface area contributed by atoms with Crippen molar-refractivity contribution in [3.8, 4) is 0 Å². The highest BCUT2D eigenvalue weighted by Gasteiger charge is 2.75. The molecule has 0 spiro atoms. The van der Waals surface area contributed by atoms with Crippen molar-refractivity contribution in [3.05, 3.63) is 0 Å². The predicted molar refractivity (Wildman–Crippen MR) is 96.3 cm³/mol. The fourth-order valence-electron chi connectivity index (χ4n) is 3.29. The van der Waals surface area contributed by atoms with E-state index >= 15 is 0 Å². The van der Waals surface area contributed by atoms with E-state index < -0.39 is 73.1 Å². The molecule has 0 fully saturated rings. The zero-order valence-electron chi connectivity index (χ0n) is 19.1. The van der Waals surface area contributed by atoms with Crippen LogP contribution in [-0.2, 0) is 0 Å². The Bertz CT molecular complexity index is 575. The molecule has 0 aromatic rings. The van der Waals surface area contributed by atoms with Gasteiger partial charge >= 0.3 is 24.7 Å². The van der Waals surface area contributed by atoms with Crippen molar-refractivity contribution in [2.45, 2.75) is 109 Å². The molecule has 0 saturated heterocycles. The summed E-state index contributed by atoms with van der Waals surface area (Å²) in [7, 11) is 0. The van der Waals surface area contributed by atoms with Crippen LogP contribution in [0.1, 0.15) is 73.1 Å². The van der Waals surface area contributed by atoms with E-state index in [0.29, 0.717) is 6.42 Å². The summed E-state index contributed by atoms with van der Waals surface area (Å²) in [5.74, 6) is -2.89. The molecule has 0 aliphatic carbocycles. The highest BCUT2D eigenvalue weighted by Crippen LogP contribution is 2.55. The van der Waals surface area contributed by atoms with Gasteiger partial charge in [0.15, 0.2) is 0 Å². The minimum Gasteiger partial charge on any atom is -0.224 e. The van der Waals surface area contributed by atoms with Crippen LogP contribution in [0.4, 0.5) is 61.5 Å². The van der Waals surface area contributed by atoms with Gasteiger partial charge in [-0.15, -0.1) is 0 Å². The van der Waals surface area contributed by atoms with Crippen LogP contribution in [0.15, 0.2) is 0 Å². The van der Waals surface area contributed by atoms with Crippen LogP contribution in [0, 0.1) is 16.7 Å². The van der Waals surface area contributed by atoms with Crippen LogP contribution in [0.25, 0.3) is 0 Å². The molecule has 0 aliphatic rings. The van der Waals surface area contributed by atoms with Gasteiger partial charge in [0.1, 0.15) is 0 Å². The van der Waals surface area contributed by atoms with Gasteiger partial charge in [0.2, 0.25) is 0 Å². The fourth-order valence-corrected chi connectivity index (χ4v) is 3.29. The molecule has 0 atom stereocenters. The number of rotatable bonds is 9. The van der Waals surface area contributed by atoms with Gasteiger partial charge in [-0.1, -0.05) is 34.6 Å². The number of halogens is 14. The molecule has 0 radical (unpaired) electrons. The Kier molecular flexibility index (Phi) is 9.53. The Morgan fingerprint density at radius 3 is 0.971 bits per heavy atom. The van der Waals surface area contributed by atoms with Crippen LogP contribution in [0.3, 0.4) is 0 Å². The maximum atomic E-state index is 14.2. The van der Waals surface area contributed by atoms with E-state index in [9.17, 15) is 61.5 Å². The van der Waals surface area contributed by atoms with E-state index in [0.717, 1.165) is 0 Å². The summed E-state index contributed by atoms with van der Waals surface area (Å²) in [6, 6.07) is 0. The highest BCUT2D eigenvalue weighted by atomic mass is 19.4. The predicted octanol–water partition coefficient (Wildman–Crippen LogP) is 9.68. The Morgan fingerprint density at radius 1 is 0.441 bits per heavy atom. The van der Waals surface area contributed by atoms with E-state index in [-0.39, 0.29) is 11.8 Å². The smallest absolute Gasteiger partial charge is 0.224 e. The lowest BCUT2D eigenvalue weighted by atomic mass is 9.73. The lowest BCUT2D eigenvalue weighted by Crippen LogP contribution is -2.57. The quantitative estimate of drug-likeness (QED) is 0.259. The lowest BCUT2D eigenvalue weighted by molar-refractivity contribution is -0.357. The third kappa shape index (κ3) is 8.30. The second kappa shape index (κ2) is 9.82. The molecule has 0 heterocycles. The first-order chi connectivity index (χ1) is 14.5. The first-order valence-electron chi connectivity index (χ1n) is 10.1. The van der Waals surface area contributed by atoms with Crippen LogP contribution in [0.5, 0.6) is 0 Å². The summed E-state index contributed by atoms with van der Waals surface area (Å²) in [6.45, 7) is 8.27. The number of alkyl halides is 14. The zero-order chi connectivity index (χ0) is 27.8. The van der Waals surface area contributed by atoms with E-state index in [2.05, 4.69) is 0 Å². The van der Waals surface area contributed by atoms with Gasteiger partial charge in [-0.25, -0.2) is 8.78 Å². The number of hydrogen-bond acceptors (Lipinski definition) is 0. The van der Waals surface area contributed by atoms with Gasteiger partial charge in [-0.05, 0) is 42.4 Å². The molecule has 14 heteroatoms. The lowest BCUT2D eigenvalue weighted by Gasteiger charge is -2.38. The first-order valence-corrected chi connectivity index (χ1v) is 10.1. The van der Waals surface area contributed by atoms with Gasteiger partial charge in [0.05, 0.1) is 0 Å². The van der Waals surface area contributed by atoms with Crippen molar-refractivity contribution < 1.29 is 61.5 Å². The molecule has 0 amide bonds. The monoisotopic (exact) mass is 534 g/mol. The fraction of sp³-hybridized carbons (Fsp3) is 1.00. The highest BCUT2D eigenvalue weighted by molar-refractivity contribution is 5.01. The zero-order valence-corrected chi connectivity index (χ0v) is 19.1. The molecule has 206 valence electrons. The largest absolute Gasteiger partial charge is 0.431 e. The Morgan fingerprint density at radius 2 is 0.735 bits per heavy atom. The third-order valence-corrected chi connectivity index (χ3v) is 5.72. The second-order valence-electron chi connectivity index (χ2n) is 10.6. The summed E-state index contributed by atoms with van der Waals surface area (Å²) in [5, 5.41) is 0. The van der Waals surface area contributed by atoms with Gasteiger partial charge in [0.25, 0.3) is 11.3 Å². The van der Waals surface area contributed by atoms with E-state index in [1.165, 1.54) is 13.8 Å².